The number of carbonyl (C=O) groups is 2. The maximum atomic E-state index is 12.4. The molecular weight excluding hydrogens is 538 g/mol. The van der Waals surface area contributed by atoms with E-state index in [0.29, 0.717) is 6.61 Å². The van der Waals surface area contributed by atoms with Crippen molar-refractivity contribution in [3.05, 3.63) is 108 Å². The first kappa shape index (κ1) is 31.3. The smallest absolute Gasteiger partial charge is 0.335 e. The van der Waals surface area contributed by atoms with Gasteiger partial charge in [-0.2, -0.15) is 0 Å². The average molecular weight is 579 g/mol. The molecule has 3 saturated heterocycles. The first-order valence-electron chi connectivity index (χ1n) is 14.2. The molecule has 9 nitrogen and oxygen atoms in total. The van der Waals surface area contributed by atoms with E-state index in [1.165, 1.54) is 5.56 Å². The number of quaternary nitrogens is 1. The molecule has 0 saturated carbocycles. The van der Waals surface area contributed by atoms with E-state index in [4.69, 9.17) is 25.2 Å². The molecule has 0 aromatic heterocycles. The lowest BCUT2D eigenvalue weighted by Gasteiger charge is -2.60. The molecule has 42 heavy (non-hydrogen) atoms. The summed E-state index contributed by atoms with van der Waals surface area (Å²) in [5, 5.41) is 45.0. The largest absolute Gasteiger partial charge is 0.479 e. The summed E-state index contributed by atoms with van der Waals surface area (Å²) in [6.07, 6.45) is -1.39. The number of fused-ring (bicyclic) bond motifs is 3. The molecule has 2 bridgehead atoms. The Balaban J connectivity index is 0.000000349. The lowest BCUT2D eigenvalue weighted by molar-refractivity contribution is -0.946. The van der Waals surface area contributed by atoms with Crippen molar-refractivity contribution in [1.29, 1.82) is 0 Å². The zero-order valence-electron chi connectivity index (χ0n) is 23.6. The van der Waals surface area contributed by atoms with Gasteiger partial charge in [0.2, 0.25) is 0 Å². The number of ether oxygens (including phenoxy) is 1. The van der Waals surface area contributed by atoms with E-state index in [9.17, 15) is 14.7 Å². The van der Waals surface area contributed by atoms with Crippen LogP contribution in [0.3, 0.4) is 0 Å². The summed E-state index contributed by atoms with van der Waals surface area (Å²) >= 11 is 0. The number of hydrogen-bond donors (Lipinski definition) is 5. The van der Waals surface area contributed by atoms with Crippen LogP contribution in [0.4, 0.5) is 0 Å². The number of aliphatic hydroxyl groups excluding tert-OH is 2. The Bertz CT molecular complexity index is 1220. The molecule has 3 aromatic carbocycles. The quantitative estimate of drug-likeness (QED) is 0.173. The van der Waals surface area contributed by atoms with Crippen LogP contribution in [0.1, 0.15) is 36.0 Å². The minimum atomic E-state index is -2.27. The van der Waals surface area contributed by atoms with Crippen molar-refractivity contribution in [2.45, 2.75) is 43.7 Å². The number of hydrogen-bond acceptors (Lipinski definition) is 6. The van der Waals surface area contributed by atoms with E-state index in [1.807, 2.05) is 18.2 Å². The fourth-order valence-corrected chi connectivity index (χ4v) is 6.37. The Hall–Kier alpha value is -3.60. The molecule has 0 aliphatic carbocycles. The van der Waals surface area contributed by atoms with Gasteiger partial charge in [0.15, 0.2) is 12.2 Å². The van der Waals surface area contributed by atoms with Crippen molar-refractivity contribution in [1.82, 2.24) is 0 Å². The third-order valence-electron chi connectivity index (χ3n) is 8.97. The van der Waals surface area contributed by atoms with Crippen LogP contribution in [-0.4, -0.2) is 86.9 Å². The van der Waals surface area contributed by atoms with Crippen LogP contribution in [0.5, 0.6) is 0 Å². The number of aliphatic hydroxyl groups is 3. The Morgan fingerprint density at radius 3 is 1.55 bits per heavy atom. The van der Waals surface area contributed by atoms with Crippen molar-refractivity contribution in [2.75, 3.05) is 32.8 Å². The lowest BCUT2D eigenvalue weighted by atomic mass is 9.56. The van der Waals surface area contributed by atoms with Crippen LogP contribution in [-0.2, 0) is 26.5 Å². The fourth-order valence-electron chi connectivity index (χ4n) is 6.37. The highest BCUT2D eigenvalue weighted by molar-refractivity contribution is 5.83. The van der Waals surface area contributed by atoms with E-state index in [-0.39, 0.29) is 5.41 Å². The van der Waals surface area contributed by atoms with Gasteiger partial charge < -0.3 is 34.8 Å². The van der Waals surface area contributed by atoms with Crippen molar-refractivity contribution in [3.8, 4) is 0 Å². The van der Waals surface area contributed by atoms with Gasteiger partial charge in [-0.1, -0.05) is 91.0 Å². The van der Waals surface area contributed by atoms with Crippen LogP contribution < -0.4 is 0 Å². The van der Waals surface area contributed by atoms with Crippen molar-refractivity contribution in [3.63, 3.8) is 0 Å². The molecule has 3 fully saturated rings. The molecule has 0 radical (unpaired) electrons. The fraction of sp³-hybridized carbons (Fsp3) is 0.394. The summed E-state index contributed by atoms with van der Waals surface area (Å²) < 4.78 is 7.17. The van der Waals surface area contributed by atoms with Gasteiger partial charge in [0.1, 0.15) is 12.1 Å². The van der Waals surface area contributed by atoms with E-state index < -0.39 is 29.7 Å². The minimum absolute atomic E-state index is 0.111. The maximum Gasteiger partial charge on any atom is 0.335 e. The summed E-state index contributed by atoms with van der Waals surface area (Å²) in [5.74, 6) is -3.54. The molecule has 0 amide bonds. The lowest BCUT2D eigenvalue weighted by Crippen LogP contribution is -2.67. The highest BCUT2D eigenvalue weighted by Crippen LogP contribution is 2.57. The minimum Gasteiger partial charge on any atom is -0.479 e. The summed E-state index contributed by atoms with van der Waals surface area (Å²) in [4.78, 5) is 19.5. The highest BCUT2D eigenvalue weighted by atomic mass is 16.5. The SMILES string of the molecule is O=C(O)C(O)C(O)C(=O)O.OC(c1ccccc1)(c1ccccc1)C12CC[N+](CCOCc3ccccc3)(CC1)CC2. The van der Waals surface area contributed by atoms with Gasteiger partial charge in [-0.15, -0.1) is 0 Å². The standard InChI is InChI=1S/C29H34NO2.C4H6O6/c31-29(26-12-6-2-7-13-26,27-14-8-3-9-15-27)28-16-19-30(20-17-28,21-18-28)22-23-32-24-25-10-4-1-5-11-25;5-1(3(7)8)2(6)4(9)10/h1-15,31H,16-24H2;1-2,5-6H,(H,7,8)(H,9,10)/q+1;. The molecule has 2 unspecified atom stereocenters. The number of benzene rings is 3. The van der Waals surface area contributed by atoms with Crippen molar-refractivity contribution >= 4 is 11.9 Å². The Labute approximate surface area is 245 Å². The molecule has 2 atom stereocenters. The van der Waals surface area contributed by atoms with Crippen LogP contribution in [0.25, 0.3) is 0 Å². The van der Waals surface area contributed by atoms with Crippen LogP contribution in [0.15, 0.2) is 91.0 Å². The van der Waals surface area contributed by atoms with E-state index in [0.717, 1.165) is 67.7 Å². The van der Waals surface area contributed by atoms with Gasteiger partial charge in [-0.05, 0) is 16.7 Å². The van der Waals surface area contributed by atoms with Gasteiger partial charge in [0, 0.05) is 24.7 Å². The number of aliphatic carboxylic acids is 2. The zero-order chi connectivity index (χ0) is 30.2. The van der Waals surface area contributed by atoms with Gasteiger partial charge >= 0.3 is 11.9 Å². The van der Waals surface area contributed by atoms with Crippen molar-refractivity contribution < 1.29 is 44.3 Å². The van der Waals surface area contributed by atoms with Gasteiger partial charge in [0.25, 0.3) is 0 Å². The normalized spacial score (nSPS) is 22.8. The number of rotatable bonds is 11. The maximum absolute atomic E-state index is 12.4. The molecule has 0 spiro atoms. The van der Waals surface area contributed by atoms with E-state index >= 15 is 0 Å². The Morgan fingerprint density at radius 2 is 1.14 bits per heavy atom. The van der Waals surface area contributed by atoms with Crippen LogP contribution in [0, 0.1) is 5.41 Å². The molecule has 5 N–H and O–H groups in total. The zero-order valence-corrected chi connectivity index (χ0v) is 23.6. The first-order chi connectivity index (χ1) is 20.1. The first-order valence-corrected chi connectivity index (χ1v) is 14.2. The second-order valence-electron chi connectivity index (χ2n) is 11.3. The third kappa shape index (κ3) is 6.72. The number of piperidine rings is 3. The molecular formula is C33H40NO8+. The van der Waals surface area contributed by atoms with Crippen LogP contribution in [0.2, 0.25) is 0 Å². The molecule has 224 valence electrons. The molecule has 3 aliphatic rings. The third-order valence-corrected chi connectivity index (χ3v) is 8.97. The van der Waals surface area contributed by atoms with E-state index in [1.54, 1.807) is 0 Å². The second-order valence-corrected chi connectivity index (χ2v) is 11.3. The number of carboxylic acids is 2. The second kappa shape index (κ2) is 13.6. The average Bonchev–Trinajstić information content (AvgIpc) is 3.04. The number of carboxylic acid groups (broad SMARTS) is 2. The molecule has 3 aromatic rings. The molecule has 3 heterocycles. The van der Waals surface area contributed by atoms with Gasteiger partial charge in [-0.25, -0.2) is 9.59 Å². The topological polar surface area (TPSA) is 145 Å². The van der Waals surface area contributed by atoms with Gasteiger partial charge in [0.05, 0.1) is 32.8 Å². The Morgan fingerprint density at radius 1 is 0.738 bits per heavy atom. The summed E-state index contributed by atoms with van der Waals surface area (Å²) in [5.41, 5.74) is 2.23. The molecule has 3 aliphatic heterocycles. The highest BCUT2D eigenvalue weighted by Gasteiger charge is 2.60. The Kier molecular flexibility index (Phi) is 10.1. The molecule has 9 heteroatoms. The predicted octanol–water partition coefficient (Wildman–Crippen LogP) is 3.02. The predicted molar refractivity (Wildman–Crippen MR) is 155 cm³/mol. The van der Waals surface area contributed by atoms with Crippen LogP contribution >= 0.6 is 0 Å². The van der Waals surface area contributed by atoms with E-state index in [2.05, 4.69) is 72.8 Å². The van der Waals surface area contributed by atoms with Crippen molar-refractivity contribution in [2.24, 2.45) is 5.41 Å². The summed E-state index contributed by atoms with van der Waals surface area (Å²) in [7, 11) is 0. The monoisotopic (exact) mass is 578 g/mol. The van der Waals surface area contributed by atoms with Gasteiger partial charge in [-0.3, -0.25) is 0 Å². The molecule has 6 rings (SSSR count). The summed E-state index contributed by atoms with van der Waals surface area (Å²) in [6.45, 7) is 5.91. The number of nitrogens with zero attached hydrogens (tertiary/aromatic N) is 1. The summed E-state index contributed by atoms with van der Waals surface area (Å²) in [6, 6.07) is 31.1.